The topological polar surface area (TPSA) is 59.3 Å². The minimum absolute atomic E-state index is 0.0453. The lowest BCUT2D eigenvalue weighted by Gasteiger charge is -2.07. The molecule has 7 heteroatoms. The summed E-state index contributed by atoms with van der Waals surface area (Å²) in [6.07, 6.45) is 3.18. The minimum atomic E-state index is -0.398. The molecule has 23 heavy (non-hydrogen) atoms. The zero-order valence-electron chi connectivity index (χ0n) is 12.2. The van der Waals surface area contributed by atoms with Crippen molar-refractivity contribution in [2.45, 2.75) is 6.92 Å². The van der Waals surface area contributed by atoms with E-state index in [-0.39, 0.29) is 5.02 Å². The number of benzene rings is 1. The summed E-state index contributed by atoms with van der Waals surface area (Å²) in [6, 6.07) is 11.1. The summed E-state index contributed by atoms with van der Waals surface area (Å²) in [5.41, 5.74) is 4.54. The molecule has 2 aromatic heterocycles. The molecule has 0 saturated carbocycles. The number of hydrogen-bond donors (Lipinski definition) is 1. The summed E-state index contributed by atoms with van der Waals surface area (Å²) >= 11 is 7.72. The number of hydrogen-bond acceptors (Lipinski definition) is 5. The monoisotopic (exact) mass is 344 g/mol. The van der Waals surface area contributed by atoms with Gasteiger partial charge in [-0.05, 0) is 36.1 Å². The van der Waals surface area contributed by atoms with Gasteiger partial charge in [0.2, 0.25) is 0 Å². The Morgan fingerprint density at radius 1 is 1.30 bits per heavy atom. The van der Waals surface area contributed by atoms with Crippen molar-refractivity contribution in [2.24, 2.45) is 5.10 Å². The zero-order valence-corrected chi connectivity index (χ0v) is 13.8. The average Bonchev–Trinajstić information content (AvgIpc) is 2.98. The highest BCUT2D eigenvalue weighted by Gasteiger charge is 2.09. The molecule has 3 aromatic rings. The molecule has 0 atom stereocenters. The number of nitrogens with zero attached hydrogens (tertiary/aromatic N) is 3. The van der Waals surface area contributed by atoms with E-state index in [0.29, 0.717) is 11.4 Å². The Hall–Kier alpha value is -2.44. The van der Waals surface area contributed by atoms with Crippen LogP contribution >= 0.6 is 22.9 Å². The van der Waals surface area contributed by atoms with Gasteiger partial charge in [0, 0.05) is 4.88 Å². The van der Waals surface area contributed by atoms with Gasteiger partial charge in [-0.15, -0.1) is 11.3 Å². The van der Waals surface area contributed by atoms with Gasteiger partial charge in [0.15, 0.2) is 0 Å². The first kappa shape index (κ1) is 15.5. The third-order valence-electron chi connectivity index (χ3n) is 3.19. The van der Waals surface area contributed by atoms with E-state index in [1.165, 1.54) is 10.9 Å². The van der Waals surface area contributed by atoms with E-state index in [0.717, 1.165) is 10.4 Å². The number of para-hydroxylation sites is 1. The molecule has 0 aliphatic heterocycles. The molecule has 0 spiro atoms. The first-order valence-electron chi connectivity index (χ1n) is 6.83. The summed E-state index contributed by atoms with van der Waals surface area (Å²) in [7, 11) is 0. The fraction of sp³-hybridized carbons (Fsp3) is 0.0625. The highest BCUT2D eigenvalue weighted by molar-refractivity contribution is 7.11. The van der Waals surface area contributed by atoms with Gasteiger partial charge in [0.25, 0.3) is 5.56 Å². The average molecular weight is 345 g/mol. The van der Waals surface area contributed by atoms with Crippen molar-refractivity contribution in [3.8, 4) is 5.69 Å². The number of thiophene rings is 1. The Bertz CT molecular complexity index is 902. The summed E-state index contributed by atoms with van der Waals surface area (Å²) in [5, 5.41) is 10.3. The van der Waals surface area contributed by atoms with Gasteiger partial charge >= 0.3 is 0 Å². The largest absolute Gasteiger partial charge is 0.292 e. The molecule has 3 rings (SSSR count). The predicted octanol–water partition coefficient (Wildman–Crippen LogP) is 3.70. The highest BCUT2D eigenvalue weighted by atomic mass is 35.5. The number of aryl methyl sites for hydroxylation is 1. The Labute approximate surface area is 141 Å². The van der Waals surface area contributed by atoms with E-state index in [1.807, 2.05) is 36.6 Å². The van der Waals surface area contributed by atoms with Crippen LogP contribution in [0, 0.1) is 6.92 Å². The highest BCUT2D eigenvalue weighted by Crippen LogP contribution is 2.17. The van der Waals surface area contributed by atoms with E-state index in [2.05, 4.69) is 15.6 Å². The number of halogens is 1. The summed E-state index contributed by atoms with van der Waals surface area (Å²) in [6.45, 7) is 2.01. The van der Waals surface area contributed by atoms with Gasteiger partial charge in [-0.2, -0.15) is 14.9 Å². The van der Waals surface area contributed by atoms with Crippen LogP contribution in [0.15, 0.2) is 57.9 Å². The normalized spacial score (nSPS) is 11.0. The van der Waals surface area contributed by atoms with Crippen LogP contribution in [0.1, 0.15) is 10.4 Å². The van der Waals surface area contributed by atoms with Crippen molar-refractivity contribution < 1.29 is 0 Å². The first-order chi connectivity index (χ1) is 11.2. The van der Waals surface area contributed by atoms with Crippen LogP contribution in [0.4, 0.5) is 5.69 Å². The Morgan fingerprint density at radius 3 is 2.78 bits per heavy atom. The maximum Gasteiger partial charge on any atom is 0.292 e. The van der Waals surface area contributed by atoms with Crippen LogP contribution < -0.4 is 11.0 Å². The van der Waals surface area contributed by atoms with Gasteiger partial charge in [-0.25, -0.2) is 0 Å². The molecule has 0 radical (unpaired) electrons. The van der Waals surface area contributed by atoms with Crippen molar-refractivity contribution in [3.63, 3.8) is 0 Å². The lowest BCUT2D eigenvalue weighted by molar-refractivity contribution is 0.808. The molecule has 0 aliphatic carbocycles. The molecule has 1 aromatic carbocycles. The molecule has 5 nitrogen and oxygen atoms in total. The second-order valence-corrected chi connectivity index (χ2v) is 6.09. The van der Waals surface area contributed by atoms with Crippen molar-refractivity contribution in [3.05, 3.63) is 73.8 Å². The van der Waals surface area contributed by atoms with E-state index >= 15 is 0 Å². The number of hydrazone groups is 1. The predicted molar refractivity (Wildman–Crippen MR) is 95.1 cm³/mol. The van der Waals surface area contributed by atoms with E-state index in [1.54, 1.807) is 29.7 Å². The number of nitrogens with one attached hydrogen (secondary N) is 1. The van der Waals surface area contributed by atoms with Gasteiger partial charge in [0.05, 0.1) is 18.1 Å². The van der Waals surface area contributed by atoms with Crippen molar-refractivity contribution >= 4 is 34.8 Å². The fourth-order valence-electron chi connectivity index (χ4n) is 1.94. The van der Waals surface area contributed by atoms with Crippen LogP contribution in [0.3, 0.4) is 0 Å². The zero-order chi connectivity index (χ0) is 16.2. The maximum atomic E-state index is 12.3. The maximum absolute atomic E-state index is 12.3. The summed E-state index contributed by atoms with van der Waals surface area (Å²) in [5.74, 6) is 0. The third-order valence-corrected chi connectivity index (χ3v) is 4.51. The van der Waals surface area contributed by atoms with Gasteiger partial charge in [-0.3, -0.25) is 10.2 Å². The van der Waals surface area contributed by atoms with Gasteiger partial charge < -0.3 is 0 Å². The SMILES string of the molecule is Cc1ccsc1/C=N\Nc1cnn(-c2ccccc2)c(=O)c1Cl. The van der Waals surface area contributed by atoms with Crippen LogP contribution in [0.5, 0.6) is 0 Å². The van der Waals surface area contributed by atoms with Crippen molar-refractivity contribution in [1.29, 1.82) is 0 Å². The van der Waals surface area contributed by atoms with Crippen LogP contribution in [0.2, 0.25) is 5.02 Å². The second kappa shape index (κ2) is 6.76. The molecule has 0 amide bonds. The smallest absolute Gasteiger partial charge is 0.275 e. The number of aromatic nitrogens is 2. The van der Waals surface area contributed by atoms with Crippen LogP contribution in [-0.4, -0.2) is 16.0 Å². The van der Waals surface area contributed by atoms with Crippen LogP contribution in [-0.2, 0) is 0 Å². The molecule has 0 bridgehead atoms. The minimum Gasteiger partial charge on any atom is -0.275 e. The fourth-order valence-corrected chi connectivity index (χ4v) is 2.90. The molecule has 116 valence electrons. The number of anilines is 1. The lowest BCUT2D eigenvalue weighted by Crippen LogP contribution is -2.22. The van der Waals surface area contributed by atoms with E-state index in [9.17, 15) is 4.79 Å². The summed E-state index contributed by atoms with van der Waals surface area (Å²) in [4.78, 5) is 13.4. The van der Waals surface area contributed by atoms with Crippen LogP contribution in [0.25, 0.3) is 5.69 Å². The van der Waals surface area contributed by atoms with E-state index < -0.39 is 5.56 Å². The van der Waals surface area contributed by atoms with Crippen molar-refractivity contribution in [2.75, 3.05) is 5.43 Å². The Morgan fingerprint density at radius 2 is 2.09 bits per heavy atom. The number of rotatable bonds is 4. The quantitative estimate of drug-likeness (QED) is 0.580. The third kappa shape index (κ3) is 3.33. The molecular weight excluding hydrogens is 332 g/mol. The van der Waals surface area contributed by atoms with Crippen molar-refractivity contribution in [1.82, 2.24) is 9.78 Å². The molecule has 2 heterocycles. The Kier molecular flexibility index (Phi) is 4.55. The standard InChI is InChI=1S/C16H13ClN4OS/c1-11-7-8-23-14(11)10-18-20-13-9-19-21(16(22)15(13)17)12-5-3-2-4-6-12/h2-10,20H,1H3/b18-10-. The second-order valence-electron chi connectivity index (χ2n) is 4.76. The molecule has 0 fully saturated rings. The Balaban J connectivity index is 1.85. The first-order valence-corrected chi connectivity index (χ1v) is 8.09. The molecule has 0 unspecified atom stereocenters. The van der Waals surface area contributed by atoms with E-state index in [4.69, 9.17) is 11.6 Å². The molecule has 0 saturated heterocycles. The van der Waals surface area contributed by atoms with Gasteiger partial charge in [-0.1, -0.05) is 29.8 Å². The van der Waals surface area contributed by atoms with Gasteiger partial charge in [0.1, 0.15) is 10.7 Å². The molecule has 1 N–H and O–H groups in total. The lowest BCUT2D eigenvalue weighted by atomic mass is 10.3. The summed E-state index contributed by atoms with van der Waals surface area (Å²) < 4.78 is 1.25. The molecular formula is C16H13ClN4OS. The molecule has 0 aliphatic rings.